The van der Waals surface area contributed by atoms with Crippen molar-refractivity contribution in [3.63, 3.8) is 0 Å². The van der Waals surface area contributed by atoms with Gasteiger partial charge < -0.3 is 24.8 Å². The van der Waals surface area contributed by atoms with Gasteiger partial charge in [0.2, 0.25) is 0 Å². The van der Waals surface area contributed by atoms with Crippen molar-refractivity contribution in [2.45, 2.75) is 6.42 Å². The van der Waals surface area contributed by atoms with Gasteiger partial charge in [-0.1, -0.05) is 24.3 Å². The van der Waals surface area contributed by atoms with Gasteiger partial charge in [-0.15, -0.1) is 0 Å². The molecule has 1 fully saturated rings. The molecule has 0 bridgehead atoms. The highest BCUT2D eigenvalue weighted by Gasteiger charge is 2.17. The van der Waals surface area contributed by atoms with Crippen LogP contribution in [0.25, 0.3) is 0 Å². The molecule has 2 aromatic rings. The normalized spacial score (nSPS) is 16.3. The molecular formula is C19H22N2O4. The fourth-order valence-corrected chi connectivity index (χ4v) is 2.63. The van der Waals surface area contributed by atoms with Gasteiger partial charge in [-0.05, 0) is 30.7 Å². The minimum Gasteiger partial charge on any atom is -0.493 e. The van der Waals surface area contributed by atoms with Gasteiger partial charge in [0, 0.05) is 19.1 Å². The van der Waals surface area contributed by atoms with Crippen LogP contribution in [0.4, 0.5) is 10.5 Å². The van der Waals surface area contributed by atoms with E-state index in [9.17, 15) is 4.79 Å². The average molecular weight is 342 g/mol. The first kappa shape index (κ1) is 17.1. The quantitative estimate of drug-likeness (QED) is 0.841. The molecule has 2 aromatic carbocycles. The van der Waals surface area contributed by atoms with Gasteiger partial charge in [-0.3, -0.25) is 0 Å². The van der Waals surface area contributed by atoms with Crippen LogP contribution in [-0.2, 0) is 4.74 Å². The average Bonchev–Trinajstić information content (AvgIpc) is 3.16. The Hall–Kier alpha value is -2.73. The number of nitrogens with one attached hydrogen (secondary N) is 2. The highest BCUT2D eigenvalue weighted by molar-refractivity contribution is 5.91. The summed E-state index contributed by atoms with van der Waals surface area (Å²) in [5.74, 6) is 2.14. The van der Waals surface area contributed by atoms with Crippen LogP contribution in [0.3, 0.4) is 0 Å². The molecule has 6 nitrogen and oxygen atoms in total. The van der Waals surface area contributed by atoms with E-state index in [4.69, 9.17) is 14.2 Å². The van der Waals surface area contributed by atoms with Gasteiger partial charge in [-0.25, -0.2) is 4.79 Å². The first-order chi connectivity index (χ1) is 12.3. The molecule has 6 heteroatoms. The van der Waals surface area contributed by atoms with Crippen LogP contribution in [0.2, 0.25) is 0 Å². The standard InChI is InChI=1S/C19H22N2O4/c1-23-17-8-4-5-9-18(17)25-16-7-3-2-6-15(16)21-19(22)20-12-14-10-11-24-13-14/h2-9,14H,10-13H2,1H3,(H2,20,21,22)/t14-/m0/s1. The molecule has 132 valence electrons. The number of carbonyl (C=O) groups is 1. The van der Waals surface area contributed by atoms with Crippen LogP contribution in [0, 0.1) is 5.92 Å². The number of benzene rings is 2. The Bertz CT molecular complexity index is 714. The number of methoxy groups -OCH3 is 1. The molecule has 0 spiro atoms. The molecule has 0 aromatic heterocycles. The van der Waals surface area contributed by atoms with E-state index in [0.717, 1.165) is 13.0 Å². The largest absolute Gasteiger partial charge is 0.493 e. The van der Waals surface area contributed by atoms with Crippen LogP contribution in [0.1, 0.15) is 6.42 Å². The van der Waals surface area contributed by atoms with Crippen molar-refractivity contribution >= 4 is 11.7 Å². The number of hydrogen-bond acceptors (Lipinski definition) is 4. The van der Waals surface area contributed by atoms with Crippen molar-refractivity contribution < 1.29 is 19.0 Å². The number of para-hydroxylation sites is 4. The lowest BCUT2D eigenvalue weighted by Gasteiger charge is -2.15. The van der Waals surface area contributed by atoms with E-state index in [1.807, 2.05) is 36.4 Å². The summed E-state index contributed by atoms with van der Waals surface area (Å²) in [5, 5.41) is 5.71. The number of amides is 2. The van der Waals surface area contributed by atoms with Crippen molar-refractivity contribution in [3.8, 4) is 17.2 Å². The number of anilines is 1. The number of urea groups is 1. The molecule has 1 saturated heterocycles. The minimum atomic E-state index is -0.261. The Balaban J connectivity index is 1.65. The summed E-state index contributed by atoms with van der Waals surface area (Å²) in [5.41, 5.74) is 0.591. The Labute approximate surface area is 147 Å². The van der Waals surface area contributed by atoms with E-state index in [-0.39, 0.29) is 6.03 Å². The second-order valence-corrected chi connectivity index (χ2v) is 5.81. The second kappa shape index (κ2) is 8.39. The van der Waals surface area contributed by atoms with Crippen molar-refractivity contribution in [3.05, 3.63) is 48.5 Å². The number of ether oxygens (including phenoxy) is 3. The molecule has 1 atom stereocenters. The molecule has 0 unspecified atom stereocenters. The molecule has 2 N–H and O–H groups in total. The summed E-state index contributed by atoms with van der Waals surface area (Å²) in [4.78, 5) is 12.2. The highest BCUT2D eigenvalue weighted by atomic mass is 16.5. The first-order valence-corrected chi connectivity index (χ1v) is 8.29. The zero-order valence-corrected chi connectivity index (χ0v) is 14.2. The van der Waals surface area contributed by atoms with E-state index in [1.54, 1.807) is 19.2 Å². The topological polar surface area (TPSA) is 68.8 Å². The van der Waals surface area contributed by atoms with Gasteiger partial charge in [0.15, 0.2) is 17.2 Å². The van der Waals surface area contributed by atoms with E-state index in [1.165, 1.54) is 0 Å². The Morgan fingerprint density at radius 3 is 2.56 bits per heavy atom. The predicted octanol–water partition coefficient (Wildman–Crippen LogP) is 3.65. The minimum absolute atomic E-state index is 0.261. The lowest BCUT2D eigenvalue weighted by molar-refractivity contribution is 0.185. The molecular weight excluding hydrogens is 320 g/mol. The summed E-state index contributed by atoms with van der Waals surface area (Å²) >= 11 is 0. The molecule has 25 heavy (non-hydrogen) atoms. The fraction of sp³-hybridized carbons (Fsp3) is 0.316. The van der Waals surface area contributed by atoms with E-state index in [2.05, 4.69) is 10.6 Å². The zero-order valence-electron chi connectivity index (χ0n) is 14.2. The maximum absolute atomic E-state index is 12.2. The van der Waals surface area contributed by atoms with Crippen LogP contribution < -0.4 is 20.1 Å². The maximum Gasteiger partial charge on any atom is 0.319 e. The number of hydrogen-bond donors (Lipinski definition) is 2. The van der Waals surface area contributed by atoms with Crippen molar-refractivity contribution in [2.75, 3.05) is 32.2 Å². The molecule has 1 aliphatic rings. The van der Waals surface area contributed by atoms with Crippen molar-refractivity contribution in [1.29, 1.82) is 0 Å². The van der Waals surface area contributed by atoms with Gasteiger partial charge in [0.05, 0.1) is 19.4 Å². The molecule has 1 aliphatic heterocycles. The fourth-order valence-electron chi connectivity index (χ4n) is 2.63. The third-order valence-corrected chi connectivity index (χ3v) is 4.00. The van der Waals surface area contributed by atoms with E-state index >= 15 is 0 Å². The lowest BCUT2D eigenvalue weighted by atomic mass is 10.1. The molecule has 0 radical (unpaired) electrons. The number of rotatable bonds is 6. The maximum atomic E-state index is 12.2. The van der Waals surface area contributed by atoms with Gasteiger partial charge >= 0.3 is 6.03 Å². The van der Waals surface area contributed by atoms with Crippen molar-refractivity contribution in [1.82, 2.24) is 5.32 Å². The smallest absolute Gasteiger partial charge is 0.319 e. The summed E-state index contributed by atoms with van der Waals surface area (Å²) in [6, 6.07) is 14.4. The second-order valence-electron chi connectivity index (χ2n) is 5.81. The van der Waals surface area contributed by atoms with Crippen LogP contribution in [0.15, 0.2) is 48.5 Å². The molecule has 3 rings (SSSR count). The lowest BCUT2D eigenvalue weighted by Crippen LogP contribution is -2.33. The first-order valence-electron chi connectivity index (χ1n) is 8.29. The van der Waals surface area contributed by atoms with Gasteiger partial charge in [0.25, 0.3) is 0 Å². The van der Waals surface area contributed by atoms with Crippen LogP contribution >= 0.6 is 0 Å². The third-order valence-electron chi connectivity index (χ3n) is 4.00. The van der Waals surface area contributed by atoms with E-state index in [0.29, 0.717) is 42.0 Å². The summed E-state index contributed by atoms with van der Waals surface area (Å²) < 4.78 is 16.5. The Morgan fingerprint density at radius 1 is 1.12 bits per heavy atom. The van der Waals surface area contributed by atoms with Crippen LogP contribution in [0.5, 0.6) is 17.2 Å². The third kappa shape index (κ3) is 4.64. The molecule has 0 saturated carbocycles. The zero-order chi connectivity index (χ0) is 17.5. The summed E-state index contributed by atoms with van der Waals surface area (Å²) in [7, 11) is 1.59. The van der Waals surface area contributed by atoms with Gasteiger partial charge in [0.1, 0.15) is 0 Å². The molecule has 2 amide bonds. The number of carbonyl (C=O) groups excluding carboxylic acids is 1. The van der Waals surface area contributed by atoms with Crippen molar-refractivity contribution in [2.24, 2.45) is 5.92 Å². The SMILES string of the molecule is COc1ccccc1Oc1ccccc1NC(=O)NC[C@@H]1CCOC1. The van der Waals surface area contributed by atoms with Crippen LogP contribution in [-0.4, -0.2) is 32.9 Å². The molecule has 1 heterocycles. The van der Waals surface area contributed by atoms with E-state index < -0.39 is 0 Å². The highest BCUT2D eigenvalue weighted by Crippen LogP contribution is 2.34. The monoisotopic (exact) mass is 342 g/mol. The molecule has 0 aliphatic carbocycles. The van der Waals surface area contributed by atoms with Gasteiger partial charge in [-0.2, -0.15) is 0 Å². The Kier molecular flexibility index (Phi) is 5.74. The summed E-state index contributed by atoms with van der Waals surface area (Å²) in [6.07, 6.45) is 0.980. The summed E-state index contributed by atoms with van der Waals surface area (Å²) in [6.45, 7) is 2.07. The Morgan fingerprint density at radius 2 is 1.84 bits per heavy atom. The predicted molar refractivity (Wildman–Crippen MR) is 95.5 cm³/mol.